The number of anilines is 1. The van der Waals surface area contributed by atoms with Crippen molar-refractivity contribution in [3.8, 4) is 0 Å². The zero-order valence-electron chi connectivity index (χ0n) is 21.9. The van der Waals surface area contributed by atoms with Gasteiger partial charge in [-0.3, -0.25) is 4.90 Å². The van der Waals surface area contributed by atoms with E-state index in [1.807, 2.05) is 0 Å². The summed E-state index contributed by atoms with van der Waals surface area (Å²) in [4.78, 5) is 0.204. The molecule has 1 aliphatic rings. The van der Waals surface area contributed by atoms with Crippen molar-refractivity contribution >= 4 is 37.5 Å². The van der Waals surface area contributed by atoms with E-state index in [-0.39, 0.29) is 20.6 Å². The minimum atomic E-state index is -3.94. The molecule has 106 valence electrons. The lowest BCUT2D eigenvalue weighted by Gasteiger charge is -2.33. The number of nitrogens with zero attached hydrogens (tertiary/aromatic N) is 1. The first-order valence-electron chi connectivity index (χ1n) is 11.2. The van der Waals surface area contributed by atoms with Crippen LogP contribution in [0, 0.1) is 0 Å². The highest BCUT2D eigenvalue weighted by atomic mass is 79.9. The lowest BCUT2D eigenvalue weighted by atomic mass is 9.92. The van der Waals surface area contributed by atoms with Crippen LogP contribution in [0.4, 0.5) is 5.69 Å². The Balaban J connectivity index is 2.89. The molecule has 1 fully saturated rings. The van der Waals surface area contributed by atoms with Gasteiger partial charge in [0.15, 0.2) is 0 Å². The molecule has 1 aromatic carbocycles. The highest BCUT2D eigenvalue weighted by molar-refractivity contribution is 9.11. The van der Waals surface area contributed by atoms with Gasteiger partial charge in [0, 0.05) is 36.5 Å². The van der Waals surface area contributed by atoms with Gasteiger partial charge in [-0.2, -0.15) is 0 Å². The van der Waals surface area contributed by atoms with E-state index in [9.17, 15) is 5.11 Å². The van der Waals surface area contributed by atoms with Gasteiger partial charge in [-0.15, -0.1) is 0 Å². The highest BCUT2D eigenvalue weighted by Crippen LogP contribution is 2.30. The topological polar surface area (TPSA) is 49.5 Å². The zero-order chi connectivity index (χ0) is 24.8. The van der Waals surface area contributed by atoms with Gasteiger partial charge in [0.1, 0.15) is 0 Å². The maximum atomic E-state index is 10.3. The van der Waals surface area contributed by atoms with Crippen LogP contribution in [0.2, 0.25) is 0 Å². The van der Waals surface area contributed by atoms with Gasteiger partial charge < -0.3 is 10.8 Å². The first-order valence-corrected chi connectivity index (χ1v) is 6.78. The second kappa shape index (κ2) is 6.57. The third-order valence-corrected chi connectivity index (χ3v) is 3.43. The average molecular weight is 404 g/mol. The van der Waals surface area contributed by atoms with Crippen molar-refractivity contribution in [1.29, 1.82) is 0 Å². The summed E-state index contributed by atoms with van der Waals surface area (Å²) in [5.74, 6) is 0. The number of hydrogen-bond acceptors (Lipinski definition) is 3. The van der Waals surface area contributed by atoms with Crippen LogP contribution in [0.1, 0.15) is 47.5 Å². The van der Waals surface area contributed by atoms with Gasteiger partial charge in [-0.05, 0) is 66.2 Å². The Morgan fingerprint density at radius 2 is 2.11 bits per heavy atom. The molecule has 1 aromatic rings. The normalized spacial score (nSPS) is 52.3. The number of benzene rings is 1. The third-order valence-electron chi connectivity index (χ3n) is 2.32. The monoisotopic (exact) mass is 402 g/mol. The van der Waals surface area contributed by atoms with E-state index in [0.29, 0.717) is 4.47 Å². The van der Waals surface area contributed by atoms with E-state index in [2.05, 4.69) is 31.9 Å². The molecule has 0 saturated heterocycles. The molecule has 0 unspecified atom stereocenters. The van der Waals surface area contributed by atoms with Crippen LogP contribution in [0.3, 0.4) is 0 Å². The molecule has 0 amide bonds. The fraction of sp³-hybridized carbons (Fsp3) is 0.571. The maximum absolute atomic E-state index is 10.3. The first kappa shape index (κ1) is 5.95. The van der Waals surface area contributed by atoms with Crippen molar-refractivity contribution in [2.24, 2.45) is 0 Å². The Morgan fingerprint density at radius 3 is 2.74 bits per heavy atom. The second-order valence-electron chi connectivity index (χ2n) is 3.72. The Kier molecular flexibility index (Phi) is 2.06. The number of hydrogen-bond donors (Lipinski definition) is 2. The molecule has 3 N–H and O–H groups in total. The molecule has 5 heteroatoms. The molecule has 0 spiro atoms. The van der Waals surface area contributed by atoms with E-state index in [4.69, 9.17) is 22.2 Å². The summed E-state index contributed by atoms with van der Waals surface area (Å²) in [7, 11) is 0.789. The minimum absolute atomic E-state index is 0.163. The summed E-state index contributed by atoms with van der Waals surface area (Å²) in [6.45, 7) is -2.93. The quantitative estimate of drug-likeness (QED) is 0.759. The lowest BCUT2D eigenvalue weighted by molar-refractivity contribution is 0.0818. The third kappa shape index (κ3) is 3.94. The zero-order valence-corrected chi connectivity index (χ0v) is 13.1. The summed E-state index contributed by atoms with van der Waals surface area (Å²) >= 11 is 6.28. The molecule has 0 aliphatic heterocycles. The number of aliphatic hydroxyl groups is 1. The minimum Gasteiger partial charge on any atom is -0.398 e. The summed E-state index contributed by atoms with van der Waals surface area (Å²) in [6.07, 6.45) is -19.2. The summed E-state index contributed by atoms with van der Waals surface area (Å²) in [6, 6.07) is -0.926. The largest absolute Gasteiger partial charge is 0.398 e. The van der Waals surface area contributed by atoms with Gasteiger partial charge in [0.2, 0.25) is 0 Å². The molecular weight excluding hydrogens is 372 g/mol. The predicted molar refractivity (Wildman–Crippen MR) is 86.0 cm³/mol. The SMILES string of the molecule is [2H]C([2H])(c1cc(Br)cc(Br)c1N)N(C)C1([2H])C([2H])([2H])C([2H])([2H])C([2H])(O)C([2H])([2H])C1([2H])[2H]. The highest BCUT2D eigenvalue weighted by Gasteiger charge is 2.23. The van der Waals surface area contributed by atoms with Crippen LogP contribution in [0.15, 0.2) is 21.1 Å². The Morgan fingerprint density at radius 1 is 1.47 bits per heavy atom. The molecule has 0 atom stereocenters. The van der Waals surface area contributed by atoms with E-state index < -0.39 is 44.1 Å². The lowest BCUT2D eigenvalue weighted by Crippen LogP contribution is -2.36. The summed E-state index contributed by atoms with van der Waals surface area (Å²) in [5, 5.41) is 10.3. The maximum Gasteiger partial charge on any atom is 0.0600 e. The van der Waals surface area contributed by atoms with Crippen molar-refractivity contribution < 1.29 is 21.6 Å². The fourth-order valence-corrected chi connectivity index (χ4v) is 2.61. The van der Waals surface area contributed by atoms with E-state index in [0.717, 1.165) is 7.05 Å². The van der Waals surface area contributed by atoms with Crippen molar-refractivity contribution in [2.45, 2.75) is 44.1 Å². The molecule has 0 radical (unpaired) electrons. The van der Waals surface area contributed by atoms with Crippen LogP contribution in [0.5, 0.6) is 0 Å². The number of rotatable bonds is 3. The van der Waals surface area contributed by atoms with Crippen LogP contribution in [-0.2, 0) is 6.50 Å². The Bertz CT molecular complexity index is 878. The molecule has 0 heterocycles. The van der Waals surface area contributed by atoms with Crippen molar-refractivity contribution in [3.05, 3.63) is 26.6 Å². The van der Waals surface area contributed by atoms with E-state index >= 15 is 0 Å². The molecule has 1 aliphatic carbocycles. The van der Waals surface area contributed by atoms with Crippen LogP contribution >= 0.6 is 31.9 Å². The molecule has 1 saturated carbocycles. The molecule has 3 nitrogen and oxygen atoms in total. The summed E-state index contributed by atoms with van der Waals surface area (Å²) < 4.78 is 99.0. The van der Waals surface area contributed by atoms with Gasteiger partial charge in [-0.25, -0.2) is 0 Å². The van der Waals surface area contributed by atoms with Gasteiger partial charge in [0.25, 0.3) is 0 Å². The predicted octanol–water partition coefficient (Wildman–Crippen LogP) is 3.53. The van der Waals surface area contributed by atoms with Gasteiger partial charge in [-0.1, -0.05) is 15.9 Å². The van der Waals surface area contributed by atoms with Crippen molar-refractivity contribution in [3.63, 3.8) is 0 Å². The van der Waals surface area contributed by atoms with Crippen LogP contribution in [-0.4, -0.2) is 29.2 Å². The van der Waals surface area contributed by atoms with Gasteiger partial charge >= 0.3 is 0 Å². The smallest absolute Gasteiger partial charge is 0.0600 e. The Labute approximate surface area is 148 Å². The first-order chi connectivity index (χ1) is 13.5. The van der Waals surface area contributed by atoms with Crippen molar-refractivity contribution in [1.82, 2.24) is 4.90 Å². The molecule has 0 aromatic heterocycles. The molecular formula is C14H20Br2N2O. The second-order valence-corrected chi connectivity index (χ2v) is 5.49. The number of halogens is 2. The number of nitrogens with two attached hydrogens (primary N) is 1. The van der Waals surface area contributed by atoms with Crippen LogP contribution in [0.25, 0.3) is 0 Å². The van der Waals surface area contributed by atoms with E-state index in [1.54, 1.807) is 0 Å². The number of nitrogen functional groups attached to an aromatic ring is 1. The van der Waals surface area contributed by atoms with E-state index in [1.165, 1.54) is 12.1 Å². The van der Waals surface area contributed by atoms with Gasteiger partial charge in [0.05, 0.1) is 13.1 Å². The standard InChI is InChI=1S/C14H20Br2N2O/c1-18(11-2-4-12(19)5-3-11)8-9-6-10(15)7-13(16)14(9)17/h6-7,11-12,19H,2-5,8,17H2,1H3/i2D2,3D2,4D2,5D2,8D2,11D,12D. The summed E-state index contributed by atoms with van der Waals surface area (Å²) in [5.41, 5.74) is 5.44. The Hall–Kier alpha value is -0.100. The fourth-order valence-electron chi connectivity index (χ4n) is 1.38. The van der Waals surface area contributed by atoms with Crippen LogP contribution < -0.4 is 5.73 Å². The molecule has 19 heavy (non-hydrogen) atoms. The molecule has 2 rings (SSSR count). The molecule has 0 bridgehead atoms. The average Bonchev–Trinajstić information content (AvgIpc) is 2.61. The van der Waals surface area contributed by atoms with Crippen molar-refractivity contribution in [2.75, 3.05) is 12.8 Å².